The van der Waals surface area contributed by atoms with E-state index in [9.17, 15) is 0 Å². The Kier molecular flexibility index (Phi) is 4.52. The third-order valence-corrected chi connectivity index (χ3v) is 5.79. The van der Waals surface area contributed by atoms with Crippen molar-refractivity contribution in [3.8, 4) is 16.9 Å². The van der Waals surface area contributed by atoms with Gasteiger partial charge in [0.1, 0.15) is 16.4 Å². The molecule has 0 N–H and O–H groups in total. The lowest BCUT2D eigenvalue weighted by atomic mass is 9.99. The minimum absolute atomic E-state index is 0.323. The van der Waals surface area contributed by atoms with E-state index >= 15 is 0 Å². The van der Waals surface area contributed by atoms with E-state index < -0.39 is 0 Å². The zero-order valence-corrected chi connectivity index (χ0v) is 15.9. The third-order valence-electron chi connectivity index (χ3n) is 4.74. The van der Waals surface area contributed by atoms with Gasteiger partial charge in [0.2, 0.25) is 5.28 Å². The molecule has 1 aromatic carbocycles. The van der Waals surface area contributed by atoms with E-state index in [0.29, 0.717) is 11.2 Å². The van der Waals surface area contributed by atoms with E-state index in [1.807, 2.05) is 12.1 Å². The van der Waals surface area contributed by atoms with Crippen LogP contribution in [0.2, 0.25) is 5.28 Å². The second kappa shape index (κ2) is 6.81. The molecular weight excluding hydrogens is 354 g/mol. The Bertz CT molecular complexity index is 894. The van der Waals surface area contributed by atoms with Crippen LogP contribution in [0.1, 0.15) is 19.8 Å². The van der Waals surface area contributed by atoms with Gasteiger partial charge in [-0.1, -0.05) is 19.1 Å². The normalized spacial score (nSPS) is 17.9. The number of hydrogen-bond donors (Lipinski definition) is 0. The highest BCUT2D eigenvalue weighted by Gasteiger charge is 2.23. The average Bonchev–Trinajstić information content (AvgIpc) is 3.04. The van der Waals surface area contributed by atoms with Gasteiger partial charge in [0.15, 0.2) is 0 Å². The molecule has 25 heavy (non-hydrogen) atoms. The molecular formula is C19H20ClN3OS. The van der Waals surface area contributed by atoms with Gasteiger partial charge >= 0.3 is 0 Å². The summed E-state index contributed by atoms with van der Waals surface area (Å²) in [7, 11) is 1.68. The van der Waals surface area contributed by atoms with Crippen molar-refractivity contribution in [1.82, 2.24) is 9.97 Å². The smallest absolute Gasteiger partial charge is 0.225 e. The summed E-state index contributed by atoms with van der Waals surface area (Å²) in [6.45, 7) is 4.33. The molecule has 2 aromatic heterocycles. The highest BCUT2D eigenvalue weighted by molar-refractivity contribution is 7.17. The van der Waals surface area contributed by atoms with E-state index in [1.54, 1.807) is 18.4 Å². The molecule has 0 bridgehead atoms. The largest absolute Gasteiger partial charge is 0.497 e. The van der Waals surface area contributed by atoms with Crippen LogP contribution < -0.4 is 9.64 Å². The summed E-state index contributed by atoms with van der Waals surface area (Å²) in [5.74, 6) is 2.49. The van der Waals surface area contributed by atoms with Crippen molar-refractivity contribution in [3.63, 3.8) is 0 Å². The van der Waals surface area contributed by atoms with Crippen LogP contribution in [0.5, 0.6) is 5.75 Å². The number of nitrogens with zero attached hydrogens (tertiary/aromatic N) is 3. The molecule has 6 heteroatoms. The van der Waals surface area contributed by atoms with E-state index in [4.69, 9.17) is 16.3 Å². The Labute approximate surface area is 156 Å². The Hall–Kier alpha value is -1.85. The van der Waals surface area contributed by atoms with Crippen molar-refractivity contribution in [2.24, 2.45) is 5.92 Å². The number of thiophene rings is 1. The van der Waals surface area contributed by atoms with Gasteiger partial charge in [-0.05, 0) is 48.1 Å². The summed E-state index contributed by atoms with van der Waals surface area (Å²) in [5.41, 5.74) is 2.30. The van der Waals surface area contributed by atoms with Gasteiger partial charge in [-0.2, -0.15) is 4.98 Å². The number of aromatic nitrogens is 2. The summed E-state index contributed by atoms with van der Waals surface area (Å²) < 4.78 is 5.27. The van der Waals surface area contributed by atoms with Crippen LogP contribution in [0.25, 0.3) is 21.3 Å². The first-order valence-corrected chi connectivity index (χ1v) is 9.75. The molecule has 0 spiro atoms. The molecule has 3 aromatic rings. The number of fused-ring (bicyclic) bond motifs is 1. The van der Waals surface area contributed by atoms with Crippen molar-refractivity contribution in [3.05, 3.63) is 34.9 Å². The summed E-state index contributed by atoms with van der Waals surface area (Å²) in [4.78, 5) is 12.4. The van der Waals surface area contributed by atoms with E-state index in [1.165, 1.54) is 12.8 Å². The van der Waals surface area contributed by atoms with Crippen LogP contribution in [0, 0.1) is 5.92 Å². The molecule has 0 amide bonds. The summed E-state index contributed by atoms with van der Waals surface area (Å²) in [6, 6.07) is 8.13. The maximum Gasteiger partial charge on any atom is 0.225 e. The molecule has 130 valence electrons. The fourth-order valence-corrected chi connectivity index (χ4v) is 4.65. The number of ether oxygens (including phenoxy) is 1. The monoisotopic (exact) mass is 373 g/mol. The van der Waals surface area contributed by atoms with Crippen molar-refractivity contribution in [2.75, 3.05) is 25.1 Å². The fourth-order valence-electron chi connectivity index (χ4n) is 3.49. The molecule has 1 unspecified atom stereocenters. The first-order valence-electron chi connectivity index (χ1n) is 8.50. The number of benzene rings is 1. The molecule has 3 heterocycles. The Balaban J connectivity index is 1.85. The molecule has 4 nitrogen and oxygen atoms in total. The highest BCUT2D eigenvalue weighted by atomic mass is 35.5. The van der Waals surface area contributed by atoms with Gasteiger partial charge in [0.25, 0.3) is 0 Å². The molecule has 4 rings (SSSR count). The number of methoxy groups -OCH3 is 1. The predicted octanol–water partition coefficient (Wildman–Crippen LogP) is 5.26. The molecule has 1 fully saturated rings. The second-order valence-electron chi connectivity index (χ2n) is 6.57. The van der Waals surface area contributed by atoms with Crippen LogP contribution in [-0.2, 0) is 0 Å². The van der Waals surface area contributed by atoms with Crippen molar-refractivity contribution in [1.29, 1.82) is 0 Å². The average molecular weight is 374 g/mol. The second-order valence-corrected chi connectivity index (χ2v) is 7.76. The first-order chi connectivity index (χ1) is 12.2. The summed E-state index contributed by atoms with van der Waals surface area (Å²) in [5, 5.41) is 3.58. The number of piperidine rings is 1. The molecule has 0 aliphatic carbocycles. The van der Waals surface area contributed by atoms with Gasteiger partial charge in [0.05, 0.1) is 12.5 Å². The van der Waals surface area contributed by atoms with Crippen LogP contribution >= 0.6 is 22.9 Å². The maximum atomic E-state index is 6.22. The topological polar surface area (TPSA) is 38.3 Å². The fraction of sp³-hybridized carbons (Fsp3) is 0.368. The Morgan fingerprint density at radius 1 is 1.24 bits per heavy atom. The molecule has 0 radical (unpaired) electrons. The van der Waals surface area contributed by atoms with Gasteiger partial charge in [-0.15, -0.1) is 11.3 Å². The Morgan fingerprint density at radius 2 is 2.04 bits per heavy atom. The molecule has 0 saturated carbocycles. The zero-order chi connectivity index (χ0) is 17.4. The third kappa shape index (κ3) is 3.18. The van der Waals surface area contributed by atoms with Crippen molar-refractivity contribution >= 4 is 39.0 Å². The molecule has 1 aliphatic heterocycles. The van der Waals surface area contributed by atoms with Gasteiger partial charge < -0.3 is 9.64 Å². The van der Waals surface area contributed by atoms with Crippen LogP contribution in [0.15, 0.2) is 29.6 Å². The number of hydrogen-bond acceptors (Lipinski definition) is 5. The number of anilines is 1. The maximum absolute atomic E-state index is 6.22. The quantitative estimate of drug-likeness (QED) is 0.587. The minimum Gasteiger partial charge on any atom is -0.497 e. The zero-order valence-electron chi connectivity index (χ0n) is 14.3. The van der Waals surface area contributed by atoms with Crippen LogP contribution in [0.3, 0.4) is 0 Å². The SMILES string of the molecule is COc1ccc(-c2csc3nc(Cl)nc(N4CCCC(C)C4)c23)cc1. The van der Waals surface area contributed by atoms with Crippen LogP contribution in [0.4, 0.5) is 5.82 Å². The van der Waals surface area contributed by atoms with Crippen LogP contribution in [-0.4, -0.2) is 30.2 Å². The Morgan fingerprint density at radius 3 is 2.76 bits per heavy atom. The minimum atomic E-state index is 0.323. The van der Waals surface area contributed by atoms with Gasteiger partial charge in [0, 0.05) is 24.0 Å². The molecule has 1 aliphatic rings. The lowest BCUT2D eigenvalue weighted by molar-refractivity contribution is 0.415. The van der Waals surface area contributed by atoms with Crippen molar-refractivity contribution < 1.29 is 4.74 Å². The summed E-state index contributed by atoms with van der Waals surface area (Å²) >= 11 is 7.83. The van der Waals surface area contributed by atoms with Crippen molar-refractivity contribution in [2.45, 2.75) is 19.8 Å². The summed E-state index contributed by atoms with van der Waals surface area (Å²) in [6.07, 6.45) is 2.46. The highest BCUT2D eigenvalue weighted by Crippen LogP contribution is 2.40. The molecule has 1 saturated heterocycles. The van der Waals surface area contributed by atoms with Gasteiger partial charge in [-0.3, -0.25) is 0 Å². The number of rotatable bonds is 3. The molecule has 1 atom stereocenters. The standard InChI is InChI=1S/C19H20ClN3OS/c1-12-4-3-9-23(10-12)17-16-15(11-25-18(16)22-19(20)21-17)13-5-7-14(24-2)8-6-13/h5-8,11-12H,3-4,9-10H2,1-2H3. The van der Waals surface area contributed by atoms with E-state index in [-0.39, 0.29) is 0 Å². The number of halogens is 1. The lowest BCUT2D eigenvalue weighted by Gasteiger charge is -2.32. The van der Waals surface area contributed by atoms with Gasteiger partial charge in [-0.25, -0.2) is 4.98 Å². The lowest BCUT2D eigenvalue weighted by Crippen LogP contribution is -2.35. The predicted molar refractivity (Wildman–Crippen MR) is 105 cm³/mol. The van der Waals surface area contributed by atoms with E-state index in [2.05, 4.69) is 39.3 Å². The first kappa shape index (κ1) is 16.6. The van der Waals surface area contributed by atoms with E-state index in [0.717, 1.165) is 46.0 Å².